The van der Waals surface area contributed by atoms with Gasteiger partial charge >= 0.3 is 0 Å². The number of hydrogen-bond acceptors (Lipinski definition) is 5. The van der Waals surface area contributed by atoms with Crippen molar-refractivity contribution in [3.05, 3.63) is 41.6 Å². The Balaban J connectivity index is 2.19. The van der Waals surface area contributed by atoms with Gasteiger partial charge in [-0.05, 0) is 32.0 Å². The Morgan fingerprint density at radius 3 is 2.94 bits per heavy atom. The summed E-state index contributed by atoms with van der Waals surface area (Å²) < 4.78 is 5.27. The molecule has 86 valence electrons. The Kier molecular flexibility index (Phi) is 3.06. The van der Waals surface area contributed by atoms with Gasteiger partial charge in [-0.15, -0.1) is 0 Å². The lowest BCUT2D eigenvalue weighted by molar-refractivity contribution is 0.489. The summed E-state index contributed by atoms with van der Waals surface area (Å²) in [4.78, 5) is 8.29. The molecule has 0 bridgehead atoms. The second kappa shape index (κ2) is 4.66. The van der Waals surface area contributed by atoms with Crippen molar-refractivity contribution < 1.29 is 4.42 Å². The third-order valence-corrected chi connectivity index (χ3v) is 2.28. The van der Waals surface area contributed by atoms with E-state index in [1.165, 1.54) is 0 Å². The summed E-state index contributed by atoms with van der Waals surface area (Å²) in [6.45, 7) is 3.77. The Labute approximate surface area is 99.1 Å². The van der Waals surface area contributed by atoms with Crippen molar-refractivity contribution in [3.63, 3.8) is 0 Å². The smallest absolute Gasteiger partial charge is 0.224 e. The maximum absolute atomic E-state index is 8.82. The number of nitrogens with zero attached hydrogens (tertiary/aromatic N) is 3. The first-order valence-corrected chi connectivity index (χ1v) is 5.25. The summed E-state index contributed by atoms with van der Waals surface area (Å²) in [6.07, 6.45) is 1.62. The van der Waals surface area contributed by atoms with E-state index in [9.17, 15) is 0 Å². The molecule has 0 saturated heterocycles. The second-order valence-corrected chi connectivity index (χ2v) is 3.71. The molecule has 1 atom stereocenters. The third kappa shape index (κ3) is 2.61. The van der Waals surface area contributed by atoms with E-state index in [0.29, 0.717) is 11.6 Å². The number of nitrogens with one attached hydrogen (secondary N) is 1. The predicted octanol–water partition coefficient (Wildman–Crippen LogP) is 2.42. The van der Waals surface area contributed by atoms with Crippen LogP contribution in [-0.2, 0) is 0 Å². The summed E-state index contributed by atoms with van der Waals surface area (Å²) in [7, 11) is 0. The maximum atomic E-state index is 8.82. The fraction of sp³-hybridized carbons (Fsp3) is 0.250. The summed E-state index contributed by atoms with van der Waals surface area (Å²) in [5.74, 6) is 1.24. The Morgan fingerprint density at radius 1 is 1.47 bits per heavy atom. The quantitative estimate of drug-likeness (QED) is 0.873. The van der Waals surface area contributed by atoms with Crippen molar-refractivity contribution in [2.45, 2.75) is 19.9 Å². The van der Waals surface area contributed by atoms with Crippen molar-refractivity contribution >= 4 is 5.95 Å². The highest BCUT2D eigenvalue weighted by atomic mass is 16.3. The van der Waals surface area contributed by atoms with E-state index >= 15 is 0 Å². The molecule has 0 saturated carbocycles. The molecule has 2 rings (SSSR count). The molecule has 17 heavy (non-hydrogen) atoms. The first kappa shape index (κ1) is 11.1. The minimum Gasteiger partial charge on any atom is -0.467 e. The van der Waals surface area contributed by atoms with Crippen molar-refractivity contribution in [3.8, 4) is 6.07 Å². The Bertz CT molecular complexity index is 542. The average molecular weight is 228 g/mol. The number of rotatable bonds is 3. The fourth-order valence-corrected chi connectivity index (χ4v) is 1.49. The molecule has 5 heteroatoms. The predicted molar refractivity (Wildman–Crippen MR) is 62.2 cm³/mol. The van der Waals surface area contributed by atoms with Crippen molar-refractivity contribution in [1.29, 1.82) is 5.26 Å². The van der Waals surface area contributed by atoms with Crippen molar-refractivity contribution in [1.82, 2.24) is 9.97 Å². The Morgan fingerprint density at radius 2 is 2.29 bits per heavy atom. The van der Waals surface area contributed by atoms with E-state index in [1.54, 1.807) is 12.3 Å². The lowest BCUT2D eigenvalue weighted by Crippen LogP contribution is -2.09. The fourth-order valence-electron chi connectivity index (χ4n) is 1.49. The molecule has 0 aliphatic heterocycles. The molecule has 5 nitrogen and oxygen atoms in total. The molecular formula is C12H12N4O. The normalized spacial score (nSPS) is 11.8. The first-order valence-electron chi connectivity index (χ1n) is 5.25. The van der Waals surface area contributed by atoms with Gasteiger partial charge in [0, 0.05) is 5.69 Å². The molecule has 0 aliphatic carbocycles. The molecular weight excluding hydrogens is 216 g/mol. The maximum Gasteiger partial charge on any atom is 0.224 e. The summed E-state index contributed by atoms with van der Waals surface area (Å²) in [5, 5.41) is 11.9. The highest BCUT2D eigenvalue weighted by Crippen LogP contribution is 2.17. The van der Waals surface area contributed by atoms with Crippen LogP contribution >= 0.6 is 0 Å². The SMILES string of the molecule is Cc1cc(C#N)nc(NC(C)c2ccco2)n1. The number of aromatic nitrogens is 2. The molecule has 1 N–H and O–H groups in total. The lowest BCUT2D eigenvalue weighted by Gasteiger charge is -2.11. The largest absolute Gasteiger partial charge is 0.467 e. The standard InChI is InChI=1S/C12H12N4O/c1-8-6-10(7-13)16-12(14-8)15-9(2)11-4-3-5-17-11/h3-6,9H,1-2H3,(H,14,15,16). The molecule has 1 unspecified atom stereocenters. The lowest BCUT2D eigenvalue weighted by atomic mass is 10.2. The number of furan rings is 1. The van der Waals surface area contributed by atoms with E-state index in [4.69, 9.17) is 9.68 Å². The van der Waals surface area contributed by atoms with Crippen LogP contribution in [0.1, 0.15) is 30.1 Å². The van der Waals surface area contributed by atoms with Gasteiger partial charge in [0.25, 0.3) is 0 Å². The number of aryl methyl sites for hydroxylation is 1. The van der Waals surface area contributed by atoms with E-state index in [-0.39, 0.29) is 6.04 Å². The van der Waals surface area contributed by atoms with Crippen molar-refractivity contribution in [2.75, 3.05) is 5.32 Å². The molecule has 2 heterocycles. The summed E-state index contributed by atoms with van der Waals surface area (Å²) in [5.41, 5.74) is 1.11. The zero-order valence-electron chi connectivity index (χ0n) is 9.64. The molecule has 0 aliphatic rings. The number of anilines is 1. The van der Waals surface area contributed by atoms with Crippen molar-refractivity contribution in [2.24, 2.45) is 0 Å². The monoisotopic (exact) mass is 228 g/mol. The second-order valence-electron chi connectivity index (χ2n) is 3.71. The van der Waals surface area contributed by atoms with Gasteiger partial charge in [-0.1, -0.05) is 0 Å². The van der Waals surface area contributed by atoms with Crippen LogP contribution in [0.5, 0.6) is 0 Å². The molecule has 0 radical (unpaired) electrons. The minimum atomic E-state index is -0.0432. The highest BCUT2D eigenvalue weighted by Gasteiger charge is 2.10. The third-order valence-electron chi connectivity index (χ3n) is 2.28. The van der Waals surface area contributed by atoms with Crippen LogP contribution in [0, 0.1) is 18.3 Å². The van der Waals surface area contributed by atoms with Gasteiger partial charge in [-0.2, -0.15) is 5.26 Å². The van der Waals surface area contributed by atoms with Gasteiger partial charge in [0.05, 0.1) is 12.3 Å². The summed E-state index contributed by atoms with van der Waals surface area (Å²) >= 11 is 0. The highest BCUT2D eigenvalue weighted by molar-refractivity contribution is 5.34. The number of nitriles is 1. The van der Waals surface area contributed by atoms with E-state index in [0.717, 1.165) is 11.5 Å². The molecule has 0 aromatic carbocycles. The van der Waals surface area contributed by atoms with Crippen LogP contribution in [0.15, 0.2) is 28.9 Å². The zero-order chi connectivity index (χ0) is 12.3. The molecule has 0 spiro atoms. The van der Waals surface area contributed by atoms with Gasteiger partial charge in [0.1, 0.15) is 17.5 Å². The van der Waals surface area contributed by atoms with Gasteiger partial charge in [-0.3, -0.25) is 0 Å². The van der Waals surface area contributed by atoms with Gasteiger partial charge < -0.3 is 9.73 Å². The van der Waals surface area contributed by atoms with Gasteiger partial charge in [-0.25, -0.2) is 9.97 Å². The zero-order valence-corrected chi connectivity index (χ0v) is 9.64. The van der Waals surface area contributed by atoms with Crippen LogP contribution in [-0.4, -0.2) is 9.97 Å². The minimum absolute atomic E-state index is 0.0432. The van der Waals surface area contributed by atoms with Crippen LogP contribution in [0.3, 0.4) is 0 Å². The van der Waals surface area contributed by atoms with Crippen LogP contribution in [0.25, 0.3) is 0 Å². The average Bonchev–Trinajstić information content (AvgIpc) is 2.81. The Hall–Kier alpha value is -2.35. The van der Waals surface area contributed by atoms with Crippen LogP contribution < -0.4 is 5.32 Å². The summed E-state index contributed by atoms with van der Waals surface area (Å²) in [6, 6.07) is 7.30. The first-order chi connectivity index (χ1) is 8.19. The van der Waals surface area contributed by atoms with Crippen LogP contribution in [0.4, 0.5) is 5.95 Å². The molecule has 2 aromatic rings. The van der Waals surface area contributed by atoms with E-state index in [2.05, 4.69) is 15.3 Å². The van der Waals surface area contributed by atoms with E-state index < -0.39 is 0 Å². The molecule has 2 aromatic heterocycles. The topological polar surface area (TPSA) is 74.7 Å². The van der Waals surface area contributed by atoms with Crippen LogP contribution in [0.2, 0.25) is 0 Å². The molecule has 0 fully saturated rings. The van der Waals surface area contributed by atoms with Gasteiger partial charge in [0.2, 0.25) is 5.95 Å². The number of hydrogen-bond donors (Lipinski definition) is 1. The van der Waals surface area contributed by atoms with E-state index in [1.807, 2.05) is 32.0 Å². The van der Waals surface area contributed by atoms with Gasteiger partial charge in [0.15, 0.2) is 0 Å². The molecule has 0 amide bonds.